The van der Waals surface area contributed by atoms with E-state index in [4.69, 9.17) is 0 Å². The van der Waals surface area contributed by atoms with E-state index in [0.29, 0.717) is 30.8 Å². The van der Waals surface area contributed by atoms with Crippen LogP contribution in [-0.2, 0) is 22.6 Å². The number of fused-ring (bicyclic) bond motifs is 1. The lowest BCUT2D eigenvalue weighted by atomic mass is 10.0. The van der Waals surface area contributed by atoms with Crippen molar-refractivity contribution < 1.29 is 19.2 Å². The van der Waals surface area contributed by atoms with Gasteiger partial charge in [0.05, 0.1) is 11.9 Å². The van der Waals surface area contributed by atoms with Gasteiger partial charge in [-0.1, -0.05) is 35.5 Å². The Morgan fingerprint density at radius 1 is 1.05 bits per heavy atom. The number of carbonyl (C=O) groups is 4. The molecule has 11 heteroatoms. The highest BCUT2D eigenvalue weighted by Gasteiger charge is 2.39. The number of imide groups is 1. The van der Waals surface area contributed by atoms with E-state index in [2.05, 4.69) is 15.6 Å². The molecule has 39 heavy (non-hydrogen) atoms. The number of rotatable bonds is 9. The van der Waals surface area contributed by atoms with E-state index in [9.17, 15) is 19.2 Å². The predicted octanol–water partition coefficient (Wildman–Crippen LogP) is 1.27. The van der Waals surface area contributed by atoms with Crippen LogP contribution in [0, 0.1) is 0 Å². The maximum Gasteiger partial charge on any atom is 0.276 e. The fourth-order valence-electron chi connectivity index (χ4n) is 4.90. The molecule has 3 heterocycles. The molecule has 2 aliphatic heterocycles. The van der Waals surface area contributed by atoms with Gasteiger partial charge < -0.3 is 14.7 Å². The van der Waals surface area contributed by atoms with E-state index in [1.807, 2.05) is 55.4 Å². The number of piperidine rings is 1. The number of hydrogen-bond donors (Lipinski definition) is 1. The maximum absolute atomic E-state index is 13.4. The van der Waals surface area contributed by atoms with Gasteiger partial charge in [-0.15, -0.1) is 5.10 Å². The zero-order valence-corrected chi connectivity index (χ0v) is 22.0. The average molecular weight is 530 g/mol. The Hall–Kier alpha value is -4.38. The Labute approximate surface area is 226 Å². The first-order chi connectivity index (χ1) is 18.8. The van der Waals surface area contributed by atoms with Crippen molar-refractivity contribution >= 4 is 23.6 Å². The standard InChI is InChI=1S/C28H31N7O4/c1-32(2)14-15-33(13-12-19-6-4-3-5-7-19)28(39)23-18-35(31-30-23)21-8-9-22-20(16-21)17-34(27(22)38)24-10-11-25(36)29-26(24)37/h3-9,16,18,24H,10-15,17H2,1-2H3,(H,29,36,37). The third-order valence-corrected chi connectivity index (χ3v) is 7.10. The SMILES string of the molecule is CN(C)CCN(CCc1ccccc1)C(=O)c1cn(-c2ccc3c(c2)CN(C2CCC(=O)NC2=O)C3=O)nn1. The van der Waals surface area contributed by atoms with Crippen molar-refractivity contribution in [2.75, 3.05) is 33.7 Å². The zero-order chi connectivity index (χ0) is 27.5. The van der Waals surface area contributed by atoms with Gasteiger partial charge in [0, 0.05) is 38.2 Å². The Morgan fingerprint density at radius 2 is 1.85 bits per heavy atom. The molecule has 1 saturated heterocycles. The van der Waals surface area contributed by atoms with E-state index >= 15 is 0 Å². The maximum atomic E-state index is 13.4. The summed E-state index contributed by atoms with van der Waals surface area (Å²) >= 11 is 0. The molecule has 1 fully saturated rings. The third kappa shape index (κ3) is 5.73. The number of nitrogens with zero attached hydrogens (tertiary/aromatic N) is 6. The lowest BCUT2D eigenvalue weighted by Crippen LogP contribution is -2.52. The Balaban J connectivity index is 1.31. The molecule has 0 spiro atoms. The molecule has 1 unspecified atom stereocenters. The molecule has 0 bridgehead atoms. The second-order valence-electron chi connectivity index (χ2n) is 10.1. The fourth-order valence-corrected chi connectivity index (χ4v) is 4.90. The lowest BCUT2D eigenvalue weighted by molar-refractivity contribution is -0.136. The van der Waals surface area contributed by atoms with Crippen molar-refractivity contribution in [3.8, 4) is 5.69 Å². The number of likely N-dealkylation sites (N-methyl/N-ethyl adjacent to an activating group) is 1. The largest absolute Gasteiger partial charge is 0.336 e. The number of benzene rings is 2. The molecule has 0 saturated carbocycles. The van der Waals surface area contributed by atoms with Crippen LogP contribution in [0.2, 0.25) is 0 Å². The minimum absolute atomic E-state index is 0.195. The van der Waals surface area contributed by atoms with E-state index in [1.54, 1.807) is 23.2 Å². The van der Waals surface area contributed by atoms with Crippen LogP contribution in [0.5, 0.6) is 0 Å². The van der Waals surface area contributed by atoms with Gasteiger partial charge in [-0.3, -0.25) is 24.5 Å². The molecular formula is C28H31N7O4. The van der Waals surface area contributed by atoms with Crippen LogP contribution in [0.15, 0.2) is 54.7 Å². The summed E-state index contributed by atoms with van der Waals surface area (Å²) in [6.07, 6.45) is 2.84. The van der Waals surface area contributed by atoms with Crippen molar-refractivity contribution in [1.29, 1.82) is 0 Å². The molecule has 0 aliphatic carbocycles. The number of hydrogen-bond acceptors (Lipinski definition) is 7. The van der Waals surface area contributed by atoms with Gasteiger partial charge in [0.2, 0.25) is 11.8 Å². The van der Waals surface area contributed by atoms with Gasteiger partial charge in [-0.25, -0.2) is 4.68 Å². The fraction of sp³-hybridized carbons (Fsp3) is 0.357. The zero-order valence-electron chi connectivity index (χ0n) is 22.0. The van der Waals surface area contributed by atoms with Crippen molar-refractivity contribution in [3.63, 3.8) is 0 Å². The molecule has 5 rings (SSSR count). The van der Waals surface area contributed by atoms with Crippen LogP contribution in [0.1, 0.15) is 44.8 Å². The normalized spacial score (nSPS) is 16.9. The molecule has 4 amide bonds. The van der Waals surface area contributed by atoms with E-state index in [0.717, 1.165) is 24.1 Å². The molecule has 1 atom stereocenters. The summed E-state index contributed by atoms with van der Waals surface area (Å²) in [5, 5.41) is 10.7. The van der Waals surface area contributed by atoms with E-state index < -0.39 is 11.9 Å². The molecule has 11 nitrogen and oxygen atoms in total. The molecule has 1 N–H and O–H groups in total. The number of nitrogens with one attached hydrogen (secondary N) is 1. The van der Waals surface area contributed by atoms with Gasteiger partial charge in [0.25, 0.3) is 11.8 Å². The summed E-state index contributed by atoms with van der Waals surface area (Å²) in [4.78, 5) is 55.6. The van der Waals surface area contributed by atoms with Gasteiger partial charge >= 0.3 is 0 Å². The highest BCUT2D eigenvalue weighted by Crippen LogP contribution is 2.29. The first kappa shape index (κ1) is 26.2. The second-order valence-corrected chi connectivity index (χ2v) is 10.1. The van der Waals surface area contributed by atoms with Crippen molar-refractivity contribution in [2.45, 2.75) is 31.8 Å². The first-order valence-electron chi connectivity index (χ1n) is 13.0. The van der Waals surface area contributed by atoms with Gasteiger partial charge in [0.1, 0.15) is 6.04 Å². The molecule has 1 aromatic heterocycles. The quantitative estimate of drug-likeness (QED) is 0.415. The van der Waals surface area contributed by atoms with Crippen LogP contribution >= 0.6 is 0 Å². The molecule has 0 radical (unpaired) electrons. The monoisotopic (exact) mass is 529 g/mol. The summed E-state index contributed by atoms with van der Waals surface area (Å²) in [6.45, 7) is 2.09. The van der Waals surface area contributed by atoms with Gasteiger partial charge in [-0.05, 0) is 56.3 Å². The minimum atomic E-state index is -0.675. The predicted molar refractivity (Wildman–Crippen MR) is 142 cm³/mol. The van der Waals surface area contributed by atoms with Gasteiger partial charge in [-0.2, -0.15) is 0 Å². The Morgan fingerprint density at radius 3 is 2.59 bits per heavy atom. The third-order valence-electron chi connectivity index (χ3n) is 7.10. The molecule has 3 aromatic rings. The number of aromatic nitrogens is 3. The highest BCUT2D eigenvalue weighted by atomic mass is 16.2. The van der Waals surface area contributed by atoms with Crippen molar-refractivity contribution in [3.05, 3.63) is 77.1 Å². The summed E-state index contributed by atoms with van der Waals surface area (Å²) < 4.78 is 1.52. The molecule has 2 aliphatic rings. The van der Waals surface area contributed by atoms with Crippen molar-refractivity contribution in [2.24, 2.45) is 0 Å². The Kier molecular flexibility index (Phi) is 7.51. The number of amides is 4. The van der Waals surface area contributed by atoms with E-state index in [-0.39, 0.29) is 36.4 Å². The summed E-state index contributed by atoms with van der Waals surface area (Å²) in [5.41, 5.74) is 3.31. The van der Waals surface area contributed by atoms with Crippen LogP contribution in [0.3, 0.4) is 0 Å². The molecular weight excluding hydrogens is 498 g/mol. The highest BCUT2D eigenvalue weighted by molar-refractivity contribution is 6.05. The average Bonchev–Trinajstić information content (AvgIpc) is 3.54. The summed E-state index contributed by atoms with van der Waals surface area (Å²) in [7, 11) is 3.94. The summed E-state index contributed by atoms with van der Waals surface area (Å²) in [6, 6.07) is 14.6. The smallest absolute Gasteiger partial charge is 0.276 e. The Bertz CT molecular complexity index is 1400. The van der Waals surface area contributed by atoms with Crippen LogP contribution in [0.4, 0.5) is 0 Å². The first-order valence-corrected chi connectivity index (χ1v) is 13.0. The van der Waals surface area contributed by atoms with Crippen LogP contribution in [0.25, 0.3) is 5.69 Å². The number of carbonyl (C=O) groups excluding carboxylic acids is 4. The molecule has 2 aromatic carbocycles. The van der Waals surface area contributed by atoms with Crippen LogP contribution < -0.4 is 5.32 Å². The lowest BCUT2D eigenvalue weighted by Gasteiger charge is -2.29. The van der Waals surface area contributed by atoms with Gasteiger partial charge in [0.15, 0.2) is 5.69 Å². The van der Waals surface area contributed by atoms with Crippen LogP contribution in [-0.4, -0.2) is 93.1 Å². The second kappa shape index (κ2) is 11.2. The minimum Gasteiger partial charge on any atom is -0.336 e. The summed E-state index contributed by atoms with van der Waals surface area (Å²) in [5.74, 6) is -1.20. The van der Waals surface area contributed by atoms with Crippen molar-refractivity contribution in [1.82, 2.24) is 35.0 Å². The van der Waals surface area contributed by atoms with E-state index in [1.165, 1.54) is 9.58 Å². The topological polar surface area (TPSA) is 121 Å². The molecule has 202 valence electrons.